The Morgan fingerprint density at radius 3 is 0.816 bits per heavy atom. The van der Waals surface area contributed by atoms with Crippen LogP contribution in [-0.4, -0.2) is 110 Å². The third-order valence-corrected chi connectivity index (χ3v) is 14.9. The van der Waals surface area contributed by atoms with E-state index in [9.17, 15) is 44.6 Å². The molecule has 3 heterocycles. The molecule has 18 nitrogen and oxygen atoms in total. The van der Waals surface area contributed by atoms with E-state index in [2.05, 4.69) is 0 Å². The van der Waals surface area contributed by atoms with Crippen molar-refractivity contribution in [2.45, 2.75) is 78.2 Å². The van der Waals surface area contributed by atoms with Crippen molar-refractivity contribution in [3.05, 3.63) is 15.6 Å². The molecule has 0 fully saturated rings. The standard InChI is InChI=1S/3C9H17NO5P.Au/c3*1-3-14-16(13,15-4-2)9-8(7-11)5-6-10(9)12;/h3*6,8-9H,3-5,7H2,1-2H3;/q3*-1;+3. The van der Waals surface area contributed by atoms with Gasteiger partial charge in [-0.15, -0.1) is 19.8 Å². The molecule has 0 N–H and O–H groups in total. The van der Waals surface area contributed by atoms with Gasteiger partial charge in [0.25, 0.3) is 17.3 Å². The van der Waals surface area contributed by atoms with Gasteiger partial charge in [-0.2, -0.15) is 0 Å². The average molecular weight is 948 g/mol. The summed E-state index contributed by atoms with van der Waals surface area (Å²) in [6, 6.07) is 0. The van der Waals surface area contributed by atoms with Crippen LogP contribution in [0.2, 0.25) is 0 Å². The quantitative estimate of drug-likeness (QED) is 0.0819. The molecule has 0 aliphatic carbocycles. The van der Waals surface area contributed by atoms with Crippen molar-refractivity contribution in [2.75, 3.05) is 59.5 Å². The van der Waals surface area contributed by atoms with E-state index in [0.29, 0.717) is 33.5 Å². The number of hydrogen-bond acceptors (Lipinski definition) is 15. The number of hydroxylamine groups is 3. The molecule has 0 radical (unpaired) electrons. The molecule has 0 aromatic rings. The van der Waals surface area contributed by atoms with E-state index in [-0.39, 0.29) is 62.0 Å². The van der Waals surface area contributed by atoms with Crippen LogP contribution in [-0.2, 0) is 63.2 Å². The van der Waals surface area contributed by atoms with E-state index in [0.717, 1.165) is 0 Å². The summed E-state index contributed by atoms with van der Waals surface area (Å²) in [7, 11) is -10.5. The minimum atomic E-state index is -3.51. The van der Waals surface area contributed by atoms with Crippen molar-refractivity contribution >= 4 is 41.4 Å². The predicted octanol–water partition coefficient (Wildman–Crippen LogP) is 1.62. The maximum absolute atomic E-state index is 12.4. The summed E-state index contributed by atoms with van der Waals surface area (Å²) in [5.74, 6) is -4.44. The Hall–Kier alpha value is -0.520. The maximum atomic E-state index is 12.4. The van der Waals surface area contributed by atoms with E-state index in [1.807, 2.05) is 0 Å². The molecule has 0 spiro atoms. The fraction of sp³-hybridized carbons (Fsp3) is 0.889. The van der Waals surface area contributed by atoms with E-state index < -0.39 is 77.7 Å². The van der Waals surface area contributed by atoms with Crippen molar-refractivity contribution in [3.8, 4) is 0 Å². The zero-order chi connectivity index (χ0) is 36.5. The Kier molecular flexibility index (Phi) is 23.7. The Morgan fingerprint density at radius 1 is 0.490 bits per heavy atom. The Bertz CT molecular complexity index is 1040. The minimum absolute atomic E-state index is 0. The van der Waals surface area contributed by atoms with Crippen LogP contribution in [0.15, 0.2) is 0 Å². The summed E-state index contributed by atoms with van der Waals surface area (Å²) < 4.78 is 69.2. The van der Waals surface area contributed by atoms with Gasteiger partial charge in [-0.25, -0.2) is 14.2 Å². The van der Waals surface area contributed by atoms with Gasteiger partial charge in [-0.3, -0.25) is 13.7 Å². The average Bonchev–Trinajstić information content (AvgIpc) is 3.74. The second kappa shape index (κ2) is 23.9. The van der Waals surface area contributed by atoms with Crippen molar-refractivity contribution < 1.29 is 92.8 Å². The molecule has 0 bridgehead atoms. The summed E-state index contributed by atoms with van der Waals surface area (Å²) in [5.41, 5.74) is 0. The molecule has 6 unspecified atom stereocenters. The normalized spacial score (nSPS) is 25.3. The molecule has 0 amide bonds. The van der Waals surface area contributed by atoms with Gasteiger partial charge in [0, 0.05) is 37.0 Å². The number of nitrogens with zero attached hydrogens (tertiary/aromatic N) is 3. The van der Waals surface area contributed by atoms with Crippen LogP contribution in [0.4, 0.5) is 0 Å². The smallest absolute Gasteiger partial charge is 0.854 e. The molecule has 0 saturated heterocycles. The van der Waals surface area contributed by atoms with Gasteiger partial charge in [0.1, 0.15) is 0 Å². The van der Waals surface area contributed by atoms with Gasteiger partial charge < -0.3 is 58.1 Å². The first kappa shape index (κ1) is 48.5. The first-order valence-corrected chi connectivity index (χ1v) is 20.9. The molecule has 49 heavy (non-hydrogen) atoms. The fourth-order valence-corrected chi connectivity index (χ4v) is 11.9. The summed E-state index contributed by atoms with van der Waals surface area (Å²) in [4.78, 5) is 0. The van der Waals surface area contributed by atoms with Gasteiger partial charge in [-0.1, -0.05) is 0 Å². The first-order chi connectivity index (χ1) is 22.8. The Morgan fingerprint density at radius 2 is 0.673 bits per heavy atom. The number of rotatable bonds is 18. The van der Waals surface area contributed by atoms with Gasteiger partial charge in [-0.05, 0) is 41.5 Å². The predicted molar refractivity (Wildman–Crippen MR) is 172 cm³/mol. The van der Waals surface area contributed by atoms with Crippen molar-refractivity contribution in [2.24, 2.45) is 17.8 Å². The topological polar surface area (TPSA) is 254 Å². The van der Waals surface area contributed by atoms with Crippen molar-refractivity contribution in [1.82, 2.24) is 0 Å². The molecule has 0 aromatic carbocycles. The maximum Gasteiger partial charge on any atom is 3.00 e. The Balaban J connectivity index is 0.000000698. The van der Waals surface area contributed by atoms with Crippen LogP contribution in [0.5, 0.6) is 0 Å². The van der Waals surface area contributed by atoms with E-state index in [1.54, 1.807) is 41.5 Å². The monoisotopic (exact) mass is 947 g/mol. The van der Waals surface area contributed by atoms with Crippen LogP contribution in [0, 0.1) is 33.4 Å². The molecule has 3 rings (SSSR count). The Labute approximate surface area is 304 Å². The van der Waals surface area contributed by atoms with Gasteiger partial charge >= 0.3 is 45.2 Å². The van der Waals surface area contributed by atoms with E-state index in [4.69, 9.17) is 27.1 Å². The van der Waals surface area contributed by atoms with Crippen molar-refractivity contribution in [1.29, 1.82) is 0 Å². The second-order valence-corrected chi connectivity index (χ2v) is 16.9. The third kappa shape index (κ3) is 13.1. The SMILES string of the molecule is CCOP(=O)(OCC)C1C(C[O-])CC=[N+]1[O-].CCOP(=O)(OCC)C1C(C[O-])CC=[N+]1[O-].CCOP(=O)(OCC)C1C(C[O-])CC=[N+]1[O-].[Au+3]. The minimum Gasteiger partial charge on any atom is -0.854 e. The molecular formula is C27H51AuN3O15P3. The molecular weight excluding hydrogens is 896 g/mol. The van der Waals surface area contributed by atoms with E-state index in [1.165, 1.54) is 18.6 Å². The zero-order valence-electron chi connectivity index (χ0n) is 28.8. The molecule has 290 valence electrons. The molecule has 6 atom stereocenters. The van der Waals surface area contributed by atoms with Crippen LogP contribution in [0.1, 0.15) is 60.8 Å². The third-order valence-electron chi connectivity index (χ3n) is 7.28. The second-order valence-electron chi connectivity index (χ2n) is 10.5. The van der Waals surface area contributed by atoms with Crippen molar-refractivity contribution in [3.63, 3.8) is 0 Å². The molecule has 22 heteroatoms. The van der Waals surface area contributed by atoms with Crippen LogP contribution in [0.3, 0.4) is 0 Å². The van der Waals surface area contributed by atoms with Crippen LogP contribution >= 0.6 is 22.8 Å². The molecule has 3 aliphatic heterocycles. The van der Waals surface area contributed by atoms with Crippen LogP contribution in [0.25, 0.3) is 0 Å². The summed E-state index contributed by atoms with van der Waals surface area (Å²) in [6.45, 7) is 9.80. The molecule has 0 aromatic heterocycles. The van der Waals surface area contributed by atoms with Gasteiger partial charge in [0.05, 0.1) is 39.6 Å². The van der Waals surface area contributed by atoms with Gasteiger partial charge in [0.2, 0.25) is 0 Å². The van der Waals surface area contributed by atoms with E-state index >= 15 is 0 Å². The molecule has 0 saturated carbocycles. The fourth-order valence-electron chi connectivity index (χ4n) is 5.34. The van der Waals surface area contributed by atoms with Crippen LogP contribution < -0.4 is 15.3 Å². The summed E-state index contributed by atoms with van der Waals surface area (Å²) in [6.07, 6.45) is 5.00. The summed E-state index contributed by atoms with van der Waals surface area (Å²) in [5, 5.41) is 67.4. The first-order valence-electron chi connectivity index (χ1n) is 16.0. The van der Waals surface area contributed by atoms with Gasteiger partial charge in [0.15, 0.2) is 18.6 Å². The molecule has 3 aliphatic rings. The summed E-state index contributed by atoms with van der Waals surface area (Å²) >= 11 is 0. The largest absolute Gasteiger partial charge is 3.00 e. The number of hydrogen-bond donors (Lipinski definition) is 0. The zero-order valence-corrected chi connectivity index (χ0v) is 33.6.